The molecule has 0 fully saturated rings. The lowest BCUT2D eigenvalue weighted by molar-refractivity contribution is 0.0691. The highest BCUT2D eigenvalue weighted by atomic mass is 79.9. The van der Waals surface area contributed by atoms with Gasteiger partial charge in [-0.3, -0.25) is 0 Å². The van der Waals surface area contributed by atoms with Gasteiger partial charge in [-0.2, -0.15) is 0 Å². The van der Waals surface area contributed by atoms with Crippen LogP contribution in [0, 0.1) is 6.92 Å². The Labute approximate surface area is 108 Å². The first-order chi connectivity index (χ1) is 7.99. The molecule has 0 aromatic carbocycles. The van der Waals surface area contributed by atoms with Crippen LogP contribution in [0.3, 0.4) is 0 Å². The highest BCUT2D eigenvalue weighted by molar-refractivity contribution is 9.10. The molecule has 1 rings (SSSR count). The van der Waals surface area contributed by atoms with Crippen LogP contribution in [0.15, 0.2) is 4.60 Å². The first-order valence-corrected chi connectivity index (χ1v) is 6.10. The van der Waals surface area contributed by atoms with Crippen LogP contribution in [0.5, 0.6) is 5.75 Å². The Bertz CT molecular complexity index is 435. The monoisotopic (exact) mass is 302 g/mol. The fourth-order valence-corrected chi connectivity index (χ4v) is 1.85. The van der Waals surface area contributed by atoms with E-state index in [1.54, 1.807) is 6.92 Å². The van der Waals surface area contributed by atoms with E-state index in [1.807, 2.05) is 6.92 Å². The average Bonchev–Trinajstić information content (AvgIpc) is 2.25. The lowest BCUT2D eigenvalue weighted by Gasteiger charge is -2.13. The van der Waals surface area contributed by atoms with E-state index in [1.165, 1.54) is 0 Å². The number of rotatable bonds is 5. The number of pyridine rings is 1. The van der Waals surface area contributed by atoms with Crippen LogP contribution in [0.25, 0.3) is 0 Å². The molecule has 0 amide bonds. The molecular formula is C11H15BrN2O3. The zero-order valence-electron chi connectivity index (χ0n) is 9.79. The van der Waals surface area contributed by atoms with E-state index in [4.69, 9.17) is 15.6 Å². The maximum atomic E-state index is 11.2. The third-order valence-corrected chi connectivity index (χ3v) is 2.89. The Morgan fingerprint density at radius 3 is 2.76 bits per heavy atom. The van der Waals surface area contributed by atoms with Crippen molar-refractivity contribution in [2.45, 2.75) is 26.7 Å². The van der Waals surface area contributed by atoms with E-state index in [2.05, 4.69) is 20.9 Å². The van der Waals surface area contributed by atoms with Crippen LogP contribution in [0.1, 0.15) is 35.7 Å². The zero-order valence-corrected chi connectivity index (χ0v) is 11.4. The van der Waals surface area contributed by atoms with Gasteiger partial charge in [-0.05, 0) is 29.3 Å². The maximum Gasteiger partial charge on any atom is 0.340 e. The van der Waals surface area contributed by atoms with Crippen LogP contribution in [-0.4, -0.2) is 22.7 Å². The van der Waals surface area contributed by atoms with Gasteiger partial charge in [0.1, 0.15) is 11.4 Å². The SMILES string of the molecule is CCCCOc1c(Br)nc(N)c(C)c1C(=O)O. The fraction of sp³-hybridized carbons (Fsp3) is 0.455. The Morgan fingerprint density at radius 1 is 1.59 bits per heavy atom. The molecule has 0 radical (unpaired) electrons. The number of hydrogen-bond donors (Lipinski definition) is 2. The third kappa shape index (κ3) is 3.09. The van der Waals surface area contributed by atoms with Gasteiger partial charge >= 0.3 is 5.97 Å². The summed E-state index contributed by atoms with van der Waals surface area (Å²) in [4.78, 5) is 15.2. The van der Waals surface area contributed by atoms with Crippen molar-refractivity contribution in [1.82, 2.24) is 4.98 Å². The number of ether oxygens (including phenoxy) is 1. The molecule has 1 heterocycles. The molecule has 5 nitrogen and oxygen atoms in total. The molecule has 1 aromatic heterocycles. The summed E-state index contributed by atoms with van der Waals surface area (Å²) in [5.41, 5.74) is 6.12. The van der Waals surface area contributed by atoms with Crippen molar-refractivity contribution in [2.24, 2.45) is 0 Å². The second-order valence-electron chi connectivity index (χ2n) is 3.62. The van der Waals surface area contributed by atoms with Crippen molar-refractivity contribution in [1.29, 1.82) is 0 Å². The number of aromatic carboxylic acids is 1. The van der Waals surface area contributed by atoms with Crippen molar-refractivity contribution in [3.8, 4) is 5.75 Å². The molecule has 0 aliphatic carbocycles. The minimum absolute atomic E-state index is 0.0699. The Kier molecular flexibility index (Phi) is 4.74. The van der Waals surface area contributed by atoms with Gasteiger partial charge in [0.15, 0.2) is 10.4 Å². The van der Waals surface area contributed by atoms with E-state index in [0.29, 0.717) is 16.8 Å². The molecule has 1 aromatic rings. The molecule has 0 atom stereocenters. The molecule has 0 aliphatic rings. The van der Waals surface area contributed by atoms with Gasteiger partial charge in [0, 0.05) is 5.56 Å². The topological polar surface area (TPSA) is 85.4 Å². The van der Waals surface area contributed by atoms with E-state index in [9.17, 15) is 4.79 Å². The third-order valence-electron chi connectivity index (χ3n) is 2.35. The van der Waals surface area contributed by atoms with Crippen molar-refractivity contribution < 1.29 is 14.6 Å². The molecule has 3 N–H and O–H groups in total. The van der Waals surface area contributed by atoms with Gasteiger partial charge < -0.3 is 15.6 Å². The fourth-order valence-electron chi connectivity index (χ4n) is 1.35. The Balaban J connectivity index is 3.17. The van der Waals surface area contributed by atoms with Gasteiger partial charge in [-0.25, -0.2) is 9.78 Å². The van der Waals surface area contributed by atoms with E-state index < -0.39 is 5.97 Å². The molecule has 0 aliphatic heterocycles. The van der Waals surface area contributed by atoms with Crippen LogP contribution < -0.4 is 10.5 Å². The second-order valence-corrected chi connectivity index (χ2v) is 4.38. The quantitative estimate of drug-likeness (QED) is 0.645. The van der Waals surface area contributed by atoms with Gasteiger partial charge in [0.25, 0.3) is 0 Å². The van der Waals surface area contributed by atoms with Crippen LogP contribution in [-0.2, 0) is 0 Å². The van der Waals surface area contributed by atoms with E-state index in [0.717, 1.165) is 12.8 Å². The van der Waals surface area contributed by atoms with E-state index >= 15 is 0 Å². The highest BCUT2D eigenvalue weighted by Gasteiger charge is 2.21. The standard InChI is InChI=1S/C11H15BrN2O3/c1-3-4-5-17-8-7(11(15)16)6(2)10(13)14-9(8)12/h3-5H2,1-2H3,(H2,13,14)(H,15,16). The van der Waals surface area contributed by atoms with Gasteiger partial charge in [0.2, 0.25) is 0 Å². The zero-order chi connectivity index (χ0) is 13.0. The van der Waals surface area contributed by atoms with Gasteiger partial charge in [0.05, 0.1) is 6.61 Å². The van der Waals surface area contributed by atoms with Crippen LogP contribution in [0.2, 0.25) is 0 Å². The minimum atomic E-state index is -1.07. The smallest absolute Gasteiger partial charge is 0.340 e. The van der Waals surface area contributed by atoms with Gasteiger partial charge in [-0.1, -0.05) is 13.3 Å². The second kappa shape index (κ2) is 5.86. The predicted octanol–water partition coefficient (Wildman–Crippen LogP) is 2.61. The summed E-state index contributed by atoms with van der Waals surface area (Å²) in [5, 5.41) is 9.17. The number of anilines is 1. The summed E-state index contributed by atoms with van der Waals surface area (Å²) in [6.45, 7) is 4.11. The Hall–Kier alpha value is -1.30. The van der Waals surface area contributed by atoms with Crippen molar-refractivity contribution >= 4 is 27.7 Å². The molecule has 0 saturated carbocycles. The van der Waals surface area contributed by atoms with E-state index in [-0.39, 0.29) is 17.1 Å². The van der Waals surface area contributed by atoms with Crippen molar-refractivity contribution in [3.63, 3.8) is 0 Å². The summed E-state index contributed by atoms with van der Waals surface area (Å²) in [6.07, 6.45) is 1.83. The first-order valence-electron chi connectivity index (χ1n) is 5.30. The number of carboxylic acid groups (broad SMARTS) is 1. The number of carbonyl (C=O) groups is 1. The molecular weight excluding hydrogens is 288 g/mol. The molecule has 0 bridgehead atoms. The Morgan fingerprint density at radius 2 is 2.24 bits per heavy atom. The maximum absolute atomic E-state index is 11.2. The number of unbranched alkanes of at least 4 members (excludes halogenated alkanes) is 1. The molecule has 6 heteroatoms. The van der Waals surface area contributed by atoms with Crippen molar-refractivity contribution in [3.05, 3.63) is 15.7 Å². The lowest BCUT2D eigenvalue weighted by atomic mass is 10.1. The molecule has 0 saturated heterocycles. The van der Waals surface area contributed by atoms with Crippen LogP contribution in [0.4, 0.5) is 5.82 Å². The number of nitrogens with zero attached hydrogens (tertiary/aromatic N) is 1. The molecule has 0 spiro atoms. The normalized spacial score (nSPS) is 10.3. The predicted molar refractivity (Wildman–Crippen MR) is 68.4 cm³/mol. The average molecular weight is 303 g/mol. The number of carboxylic acids is 1. The summed E-state index contributed by atoms with van der Waals surface area (Å²) in [5.74, 6) is -0.626. The summed E-state index contributed by atoms with van der Waals surface area (Å²) < 4.78 is 5.79. The molecule has 17 heavy (non-hydrogen) atoms. The number of halogens is 1. The number of nitrogens with two attached hydrogens (primary N) is 1. The molecule has 94 valence electrons. The first kappa shape index (κ1) is 13.8. The lowest BCUT2D eigenvalue weighted by Crippen LogP contribution is -2.10. The van der Waals surface area contributed by atoms with Crippen molar-refractivity contribution in [2.75, 3.05) is 12.3 Å². The molecule has 0 unspecified atom stereocenters. The summed E-state index contributed by atoms with van der Waals surface area (Å²) in [7, 11) is 0. The minimum Gasteiger partial charge on any atom is -0.490 e. The number of nitrogen functional groups attached to an aromatic ring is 1. The number of aromatic nitrogens is 1. The summed E-state index contributed by atoms with van der Waals surface area (Å²) in [6, 6.07) is 0. The highest BCUT2D eigenvalue weighted by Crippen LogP contribution is 2.32. The number of hydrogen-bond acceptors (Lipinski definition) is 4. The summed E-state index contributed by atoms with van der Waals surface area (Å²) >= 11 is 3.17. The van der Waals surface area contributed by atoms with Crippen LogP contribution >= 0.6 is 15.9 Å². The van der Waals surface area contributed by atoms with Gasteiger partial charge in [-0.15, -0.1) is 0 Å². The largest absolute Gasteiger partial charge is 0.490 e.